The monoisotopic (exact) mass is 615 g/mol. The molecule has 246 valence electrons. The summed E-state index contributed by atoms with van der Waals surface area (Å²) in [7, 11) is 0. The number of hydrogen-bond donors (Lipinski definition) is 13. The quantitative estimate of drug-likeness (QED) is 0.114. The van der Waals surface area contributed by atoms with E-state index in [0.717, 1.165) is 0 Å². The molecule has 3 heterocycles. The Morgan fingerprint density at radius 1 is 0.524 bits per heavy atom. The molecule has 42 heavy (non-hydrogen) atoms. The van der Waals surface area contributed by atoms with Gasteiger partial charge in [-0.1, -0.05) is 0 Å². The van der Waals surface area contributed by atoms with Crippen LogP contribution >= 0.6 is 0 Å². The summed E-state index contributed by atoms with van der Waals surface area (Å²) in [5, 5.41) is 82.3. The summed E-state index contributed by atoms with van der Waals surface area (Å²) in [6.45, 7) is -1.49. The first kappa shape index (κ1) is 34.1. The Hall–Kier alpha value is -0.760. The van der Waals surface area contributed by atoms with Gasteiger partial charge in [0.05, 0.1) is 31.4 Å². The Morgan fingerprint density at radius 2 is 1.00 bits per heavy atom. The molecule has 4 fully saturated rings. The molecule has 4 aliphatic rings. The lowest BCUT2D eigenvalue weighted by atomic mass is 9.84. The highest BCUT2D eigenvalue weighted by Crippen LogP contribution is 2.34. The summed E-state index contributed by atoms with van der Waals surface area (Å²) in [6, 6.07) is -4.30. The molecule has 0 spiro atoms. The van der Waals surface area contributed by atoms with Gasteiger partial charge in [-0.3, -0.25) is 0 Å². The summed E-state index contributed by atoms with van der Waals surface area (Å²) < 4.78 is 34.4. The smallest absolute Gasteiger partial charge is 0.187 e. The van der Waals surface area contributed by atoms with Crippen LogP contribution in [-0.4, -0.2) is 177 Å². The minimum atomic E-state index is -1.62. The van der Waals surface area contributed by atoms with Gasteiger partial charge in [-0.2, -0.15) is 0 Å². The maximum absolute atomic E-state index is 11.1. The van der Waals surface area contributed by atoms with E-state index in [-0.39, 0.29) is 13.0 Å². The Bertz CT molecular complexity index is 866. The highest BCUT2D eigenvalue weighted by atomic mass is 16.8. The van der Waals surface area contributed by atoms with Gasteiger partial charge >= 0.3 is 0 Å². The van der Waals surface area contributed by atoms with Crippen molar-refractivity contribution in [2.75, 3.05) is 19.8 Å². The summed E-state index contributed by atoms with van der Waals surface area (Å²) in [4.78, 5) is 0. The number of aliphatic hydroxyl groups excluding tert-OH is 8. The second-order valence-electron chi connectivity index (χ2n) is 11.2. The molecule has 0 radical (unpaired) electrons. The fourth-order valence-corrected chi connectivity index (χ4v) is 5.70. The summed E-state index contributed by atoms with van der Waals surface area (Å²) in [6.07, 6.45) is -20.5. The molecule has 18 N–H and O–H groups in total. The van der Waals surface area contributed by atoms with Crippen molar-refractivity contribution in [1.82, 2.24) is 0 Å². The average Bonchev–Trinajstić information content (AvgIpc) is 3.27. The lowest BCUT2D eigenvalue weighted by Crippen LogP contribution is -2.68. The minimum absolute atomic E-state index is 0.0642. The van der Waals surface area contributed by atoms with Crippen LogP contribution in [-0.2, 0) is 28.4 Å². The number of nitrogens with two attached hydrogens (primary N) is 5. The molecule has 0 bridgehead atoms. The highest BCUT2D eigenvalue weighted by Gasteiger charge is 2.54. The summed E-state index contributed by atoms with van der Waals surface area (Å²) >= 11 is 0. The fraction of sp³-hybridized carbons (Fsp3) is 1.00. The van der Waals surface area contributed by atoms with E-state index in [4.69, 9.17) is 57.1 Å². The second kappa shape index (κ2) is 14.1. The molecular formula is C23H45N5O14. The predicted octanol–water partition coefficient (Wildman–Crippen LogP) is -8.86. The zero-order valence-electron chi connectivity index (χ0n) is 22.7. The Kier molecular flexibility index (Phi) is 11.5. The Balaban J connectivity index is 1.50. The molecule has 3 aliphatic heterocycles. The molecule has 0 aromatic rings. The Morgan fingerprint density at radius 3 is 1.55 bits per heavy atom. The first-order chi connectivity index (χ1) is 19.8. The van der Waals surface area contributed by atoms with E-state index in [1.807, 2.05) is 0 Å². The van der Waals surface area contributed by atoms with Crippen LogP contribution in [0.15, 0.2) is 0 Å². The van der Waals surface area contributed by atoms with E-state index in [2.05, 4.69) is 0 Å². The van der Waals surface area contributed by atoms with Gasteiger partial charge in [0, 0.05) is 18.6 Å². The maximum Gasteiger partial charge on any atom is 0.187 e. The number of hydrogen-bond acceptors (Lipinski definition) is 19. The van der Waals surface area contributed by atoms with Crippen LogP contribution in [0.4, 0.5) is 0 Å². The molecule has 0 aromatic heterocycles. The largest absolute Gasteiger partial charge is 0.394 e. The van der Waals surface area contributed by atoms with Crippen molar-refractivity contribution >= 4 is 0 Å². The van der Waals surface area contributed by atoms with E-state index in [1.54, 1.807) is 0 Å². The van der Waals surface area contributed by atoms with Crippen LogP contribution in [0.3, 0.4) is 0 Å². The lowest BCUT2D eigenvalue weighted by molar-refractivity contribution is -0.310. The molecular weight excluding hydrogens is 570 g/mol. The van der Waals surface area contributed by atoms with Gasteiger partial charge in [0.15, 0.2) is 18.9 Å². The van der Waals surface area contributed by atoms with Crippen LogP contribution in [0.1, 0.15) is 6.42 Å². The molecule has 19 atom stereocenters. The van der Waals surface area contributed by atoms with Crippen LogP contribution in [0.5, 0.6) is 0 Å². The number of rotatable bonds is 9. The van der Waals surface area contributed by atoms with Crippen molar-refractivity contribution in [3.8, 4) is 0 Å². The molecule has 19 heteroatoms. The minimum Gasteiger partial charge on any atom is -0.394 e. The molecule has 4 rings (SSSR count). The first-order valence-electron chi connectivity index (χ1n) is 13.8. The topological polar surface area (TPSA) is 347 Å². The SMILES string of the molecule is NCC1O[C@H](O[C@@H]2[C@H](O)[C@H](OC3C(O)[C@H](N)CC(N)[C@H]3O[C@H]3OC(CO)[C@@H](O)C(O)C3N)O[C@@H]2CO)C(N)C(O)[C@@H]1O. The van der Waals surface area contributed by atoms with Crippen molar-refractivity contribution in [2.45, 2.75) is 123 Å². The zero-order chi connectivity index (χ0) is 31.0. The molecule has 9 unspecified atom stereocenters. The van der Waals surface area contributed by atoms with E-state index in [9.17, 15) is 40.9 Å². The van der Waals surface area contributed by atoms with Crippen LogP contribution in [0, 0.1) is 0 Å². The maximum atomic E-state index is 11.1. The van der Waals surface area contributed by atoms with E-state index < -0.39 is 129 Å². The standard InChI is InChI=1S/C23H45N5O14/c24-2-7-13(32)15(34)10(27)21(37-7)41-19-9(4-30)39-23(17(19)36)42-20-12(31)5(25)1-6(26)18(20)40-22-11(28)16(35)14(33)8(3-29)38-22/h5-23,29-36H,1-4,24-28H2/t5-,6?,7?,8?,9-,10?,11?,12?,13-,14-,15?,16?,17+,18-,19+,20?,21-,22-,23+/m1/s1. The second-order valence-corrected chi connectivity index (χ2v) is 11.2. The van der Waals surface area contributed by atoms with E-state index in [1.165, 1.54) is 0 Å². The van der Waals surface area contributed by atoms with Crippen LogP contribution in [0.25, 0.3) is 0 Å². The highest BCUT2D eigenvalue weighted by molar-refractivity contribution is 5.02. The summed E-state index contributed by atoms with van der Waals surface area (Å²) in [5.74, 6) is 0. The van der Waals surface area contributed by atoms with Crippen molar-refractivity contribution in [1.29, 1.82) is 0 Å². The third-order valence-corrected chi connectivity index (χ3v) is 8.32. The van der Waals surface area contributed by atoms with Gasteiger partial charge in [0.1, 0.15) is 67.1 Å². The van der Waals surface area contributed by atoms with Gasteiger partial charge in [0.25, 0.3) is 0 Å². The molecule has 19 nitrogen and oxygen atoms in total. The lowest BCUT2D eigenvalue weighted by Gasteiger charge is -2.47. The van der Waals surface area contributed by atoms with Crippen LogP contribution in [0.2, 0.25) is 0 Å². The van der Waals surface area contributed by atoms with Gasteiger partial charge in [-0.15, -0.1) is 0 Å². The van der Waals surface area contributed by atoms with Gasteiger partial charge in [-0.05, 0) is 6.42 Å². The molecule has 1 saturated carbocycles. The van der Waals surface area contributed by atoms with Crippen molar-refractivity contribution < 1.29 is 69.3 Å². The fourth-order valence-electron chi connectivity index (χ4n) is 5.70. The Labute approximate surface area is 240 Å². The normalized spacial score (nSPS) is 53.8. The summed E-state index contributed by atoms with van der Waals surface area (Å²) in [5.41, 5.74) is 29.9. The van der Waals surface area contributed by atoms with Gasteiger partial charge in [-0.25, -0.2) is 0 Å². The van der Waals surface area contributed by atoms with Gasteiger partial charge < -0.3 is 97.9 Å². The van der Waals surface area contributed by atoms with Crippen molar-refractivity contribution in [3.05, 3.63) is 0 Å². The van der Waals surface area contributed by atoms with E-state index in [0.29, 0.717) is 0 Å². The number of ether oxygens (including phenoxy) is 6. The third kappa shape index (κ3) is 6.60. The zero-order valence-corrected chi connectivity index (χ0v) is 22.7. The molecule has 3 saturated heterocycles. The first-order valence-corrected chi connectivity index (χ1v) is 13.8. The molecule has 1 aliphatic carbocycles. The molecule has 0 aromatic carbocycles. The van der Waals surface area contributed by atoms with Crippen LogP contribution < -0.4 is 28.7 Å². The number of aliphatic hydroxyl groups is 8. The van der Waals surface area contributed by atoms with Gasteiger partial charge in [0.2, 0.25) is 0 Å². The third-order valence-electron chi connectivity index (χ3n) is 8.32. The molecule has 0 amide bonds. The van der Waals surface area contributed by atoms with Crippen molar-refractivity contribution in [2.24, 2.45) is 28.7 Å². The van der Waals surface area contributed by atoms with Crippen molar-refractivity contribution in [3.63, 3.8) is 0 Å². The predicted molar refractivity (Wildman–Crippen MR) is 136 cm³/mol. The average molecular weight is 616 g/mol. The van der Waals surface area contributed by atoms with E-state index >= 15 is 0 Å².